The Morgan fingerprint density at radius 3 is 2.80 bits per heavy atom. The van der Waals surface area contributed by atoms with Crippen LogP contribution in [0.3, 0.4) is 0 Å². The Balaban J connectivity index is 2.54. The van der Waals surface area contributed by atoms with Crippen LogP contribution >= 0.6 is 11.3 Å². The summed E-state index contributed by atoms with van der Waals surface area (Å²) in [6.07, 6.45) is 3.30. The maximum absolute atomic E-state index is 6.07. The maximum Gasteiger partial charge on any atom is 0.0983 e. The molecule has 0 radical (unpaired) electrons. The second kappa shape index (κ2) is 6.99. The number of rotatable bonds is 7. The van der Waals surface area contributed by atoms with Crippen molar-refractivity contribution in [3.8, 4) is 0 Å². The quantitative estimate of drug-likeness (QED) is 0.725. The highest BCUT2D eigenvalue weighted by molar-refractivity contribution is 7.07. The van der Waals surface area contributed by atoms with Gasteiger partial charge in [-0.05, 0) is 35.2 Å². The largest absolute Gasteiger partial charge is 0.372 e. The number of thiophene rings is 1. The van der Waals surface area contributed by atoms with Crippen LogP contribution in [-0.4, -0.2) is 12.6 Å². The van der Waals surface area contributed by atoms with Crippen LogP contribution in [0.4, 0.5) is 0 Å². The minimum Gasteiger partial charge on any atom is -0.372 e. The van der Waals surface area contributed by atoms with Gasteiger partial charge in [-0.15, -0.1) is 0 Å². The smallest absolute Gasteiger partial charge is 0.0983 e. The van der Waals surface area contributed by atoms with Gasteiger partial charge in [0.2, 0.25) is 0 Å². The van der Waals surface area contributed by atoms with E-state index in [4.69, 9.17) is 10.5 Å². The van der Waals surface area contributed by atoms with Gasteiger partial charge >= 0.3 is 0 Å². The van der Waals surface area contributed by atoms with Crippen molar-refractivity contribution in [1.82, 2.24) is 0 Å². The van der Waals surface area contributed by atoms with E-state index >= 15 is 0 Å². The summed E-state index contributed by atoms with van der Waals surface area (Å²) < 4.78 is 5.86. The molecule has 2 nitrogen and oxygen atoms in total. The van der Waals surface area contributed by atoms with Crippen molar-refractivity contribution in [2.45, 2.75) is 45.3 Å². The molecule has 0 saturated heterocycles. The predicted octanol–water partition coefficient (Wildman–Crippen LogP) is 3.34. The fourth-order valence-corrected chi connectivity index (χ4v) is 2.16. The van der Waals surface area contributed by atoms with Crippen LogP contribution in [-0.2, 0) is 4.74 Å². The van der Waals surface area contributed by atoms with Gasteiger partial charge in [-0.25, -0.2) is 0 Å². The zero-order valence-corrected chi connectivity index (χ0v) is 10.4. The molecule has 1 rings (SSSR count). The lowest BCUT2D eigenvalue weighted by atomic mass is 10.0. The molecule has 1 aromatic heterocycles. The first-order chi connectivity index (χ1) is 7.29. The Kier molecular flexibility index (Phi) is 5.91. The number of hydrogen-bond acceptors (Lipinski definition) is 3. The van der Waals surface area contributed by atoms with Gasteiger partial charge < -0.3 is 10.5 Å². The first-order valence-electron chi connectivity index (χ1n) is 5.68. The lowest BCUT2D eigenvalue weighted by Gasteiger charge is -2.22. The van der Waals surface area contributed by atoms with Crippen LogP contribution in [0, 0.1) is 0 Å². The summed E-state index contributed by atoms with van der Waals surface area (Å²) in [5.74, 6) is 0. The topological polar surface area (TPSA) is 35.2 Å². The SMILES string of the molecule is CCCCOC(c1ccsc1)C(N)CC. The van der Waals surface area contributed by atoms with Crippen LogP contribution in [0.15, 0.2) is 16.8 Å². The Morgan fingerprint density at radius 1 is 1.47 bits per heavy atom. The number of hydrogen-bond donors (Lipinski definition) is 1. The average molecular weight is 227 g/mol. The van der Waals surface area contributed by atoms with Crippen LogP contribution < -0.4 is 5.73 Å². The molecule has 3 heteroatoms. The molecule has 0 fully saturated rings. The van der Waals surface area contributed by atoms with E-state index in [1.807, 2.05) is 0 Å². The molecule has 0 saturated carbocycles. The molecular formula is C12H21NOS. The van der Waals surface area contributed by atoms with Gasteiger partial charge in [-0.2, -0.15) is 11.3 Å². The Bertz CT molecular complexity index is 248. The van der Waals surface area contributed by atoms with Gasteiger partial charge in [0.25, 0.3) is 0 Å². The van der Waals surface area contributed by atoms with Crippen molar-refractivity contribution < 1.29 is 4.74 Å². The minimum atomic E-state index is 0.0767. The highest BCUT2D eigenvalue weighted by Crippen LogP contribution is 2.24. The summed E-state index contributed by atoms with van der Waals surface area (Å²) in [5, 5.41) is 4.21. The van der Waals surface area contributed by atoms with Crippen molar-refractivity contribution in [2.24, 2.45) is 5.73 Å². The summed E-state index contributed by atoms with van der Waals surface area (Å²) in [7, 11) is 0. The molecule has 0 amide bonds. The number of ether oxygens (including phenoxy) is 1. The van der Waals surface area contributed by atoms with E-state index in [0.29, 0.717) is 0 Å². The predicted molar refractivity (Wildman–Crippen MR) is 66.2 cm³/mol. The monoisotopic (exact) mass is 227 g/mol. The third-order valence-electron chi connectivity index (χ3n) is 2.53. The Morgan fingerprint density at radius 2 is 2.27 bits per heavy atom. The van der Waals surface area contributed by atoms with E-state index < -0.39 is 0 Å². The molecular weight excluding hydrogens is 206 g/mol. The van der Waals surface area contributed by atoms with Crippen molar-refractivity contribution in [2.75, 3.05) is 6.61 Å². The van der Waals surface area contributed by atoms with E-state index in [2.05, 4.69) is 30.7 Å². The zero-order chi connectivity index (χ0) is 11.1. The normalized spacial score (nSPS) is 15.1. The molecule has 0 aliphatic heterocycles. The molecule has 2 atom stereocenters. The van der Waals surface area contributed by atoms with Gasteiger partial charge in [0.1, 0.15) is 0 Å². The second-order valence-corrected chi connectivity index (χ2v) is 4.55. The molecule has 2 N–H and O–H groups in total. The molecule has 15 heavy (non-hydrogen) atoms. The lowest BCUT2D eigenvalue weighted by Crippen LogP contribution is -2.29. The van der Waals surface area contributed by atoms with Crippen molar-refractivity contribution >= 4 is 11.3 Å². The van der Waals surface area contributed by atoms with E-state index in [0.717, 1.165) is 25.9 Å². The summed E-state index contributed by atoms with van der Waals surface area (Å²) in [5.41, 5.74) is 7.30. The maximum atomic E-state index is 6.07. The molecule has 0 aromatic carbocycles. The van der Waals surface area contributed by atoms with Crippen molar-refractivity contribution in [3.05, 3.63) is 22.4 Å². The van der Waals surface area contributed by atoms with Crippen molar-refractivity contribution in [3.63, 3.8) is 0 Å². The molecule has 86 valence electrons. The fraction of sp³-hybridized carbons (Fsp3) is 0.667. The molecule has 1 aromatic rings. The first kappa shape index (κ1) is 12.7. The van der Waals surface area contributed by atoms with Crippen LogP contribution in [0.2, 0.25) is 0 Å². The third-order valence-corrected chi connectivity index (χ3v) is 3.23. The van der Waals surface area contributed by atoms with Crippen LogP contribution in [0.25, 0.3) is 0 Å². The van der Waals surface area contributed by atoms with Crippen LogP contribution in [0.1, 0.15) is 44.8 Å². The number of nitrogens with two attached hydrogens (primary N) is 1. The van der Waals surface area contributed by atoms with E-state index in [1.165, 1.54) is 5.56 Å². The highest BCUT2D eigenvalue weighted by atomic mass is 32.1. The average Bonchev–Trinajstić information content (AvgIpc) is 2.77. The van der Waals surface area contributed by atoms with Crippen LogP contribution in [0.5, 0.6) is 0 Å². The standard InChI is InChI=1S/C12H21NOS/c1-3-5-7-14-12(11(13)4-2)10-6-8-15-9-10/h6,8-9,11-12H,3-5,7,13H2,1-2H3. The first-order valence-corrected chi connectivity index (χ1v) is 6.63. The summed E-state index contributed by atoms with van der Waals surface area (Å²) >= 11 is 1.70. The molecule has 0 aliphatic carbocycles. The van der Waals surface area contributed by atoms with E-state index in [9.17, 15) is 0 Å². The Hall–Kier alpha value is -0.380. The molecule has 0 spiro atoms. The van der Waals surface area contributed by atoms with Gasteiger partial charge in [-0.3, -0.25) is 0 Å². The minimum absolute atomic E-state index is 0.0767. The van der Waals surface area contributed by atoms with E-state index in [1.54, 1.807) is 11.3 Å². The highest BCUT2D eigenvalue weighted by Gasteiger charge is 2.19. The van der Waals surface area contributed by atoms with Gasteiger partial charge in [0, 0.05) is 12.6 Å². The Labute approximate surface area is 96.4 Å². The third kappa shape index (κ3) is 3.93. The molecule has 1 heterocycles. The number of unbranched alkanes of at least 4 members (excludes halogenated alkanes) is 1. The summed E-state index contributed by atoms with van der Waals surface area (Å²) in [4.78, 5) is 0. The summed E-state index contributed by atoms with van der Waals surface area (Å²) in [6.45, 7) is 5.08. The molecule has 0 aliphatic rings. The molecule has 2 unspecified atom stereocenters. The zero-order valence-electron chi connectivity index (χ0n) is 9.61. The van der Waals surface area contributed by atoms with Gasteiger partial charge in [-0.1, -0.05) is 20.3 Å². The lowest BCUT2D eigenvalue weighted by molar-refractivity contribution is 0.0321. The molecule has 0 bridgehead atoms. The fourth-order valence-electron chi connectivity index (χ4n) is 1.47. The van der Waals surface area contributed by atoms with Gasteiger partial charge in [0.05, 0.1) is 6.10 Å². The second-order valence-electron chi connectivity index (χ2n) is 3.77. The van der Waals surface area contributed by atoms with E-state index in [-0.39, 0.29) is 12.1 Å². The van der Waals surface area contributed by atoms with Gasteiger partial charge in [0.15, 0.2) is 0 Å². The summed E-state index contributed by atoms with van der Waals surface area (Å²) in [6, 6.07) is 2.22. The van der Waals surface area contributed by atoms with Crippen molar-refractivity contribution in [1.29, 1.82) is 0 Å².